The quantitative estimate of drug-likeness (QED) is 0.779. The van der Waals surface area contributed by atoms with E-state index in [4.69, 9.17) is 4.74 Å². The molecule has 0 fully saturated rings. The zero-order valence-electron chi connectivity index (χ0n) is 9.72. The smallest absolute Gasteiger partial charge is 0.150 e. The predicted octanol–water partition coefficient (Wildman–Crippen LogP) is 4.42. The van der Waals surface area contributed by atoms with Gasteiger partial charge < -0.3 is 4.74 Å². The summed E-state index contributed by atoms with van der Waals surface area (Å²) in [7, 11) is 1.66. The van der Waals surface area contributed by atoms with Gasteiger partial charge in [0.25, 0.3) is 0 Å². The highest BCUT2D eigenvalue weighted by molar-refractivity contribution is 9.10. The van der Waals surface area contributed by atoms with Crippen LogP contribution in [0.3, 0.4) is 0 Å². The van der Waals surface area contributed by atoms with E-state index < -0.39 is 0 Å². The molecule has 0 aliphatic carbocycles. The minimum absolute atomic E-state index is 0.659. The molecule has 0 aliphatic heterocycles. The molecule has 0 heterocycles. The van der Waals surface area contributed by atoms with Crippen molar-refractivity contribution < 1.29 is 9.53 Å². The Labute approximate surface area is 118 Å². The highest BCUT2D eigenvalue weighted by Gasteiger charge is 2.07. The van der Waals surface area contributed by atoms with E-state index in [9.17, 15) is 4.79 Å². The van der Waals surface area contributed by atoms with E-state index in [0.717, 1.165) is 26.3 Å². The maximum atomic E-state index is 10.7. The number of aldehydes is 1. The Bertz CT molecular complexity index is 569. The van der Waals surface area contributed by atoms with Gasteiger partial charge >= 0.3 is 0 Å². The maximum absolute atomic E-state index is 10.7. The summed E-state index contributed by atoms with van der Waals surface area (Å²) in [4.78, 5) is 12.8. The maximum Gasteiger partial charge on any atom is 0.150 e. The first-order valence-corrected chi connectivity index (χ1v) is 6.91. The van der Waals surface area contributed by atoms with Crippen LogP contribution in [0.5, 0.6) is 5.75 Å². The third-order valence-electron chi connectivity index (χ3n) is 2.38. The topological polar surface area (TPSA) is 26.3 Å². The van der Waals surface area contributed by atoms with Crippen molar-refractivity contribution in [3.63, 3.8) is 0 Å². The molecule has 0 unspecified atom stereocenters. The first kappa shape index (κ1) is 13.2. The Hall–Kier alpha value is -1.26. The largest absolute Gasteiger partial charge is 0.496 e. The first-order chi connectivity index (χ1) is 8.74. The highest BCUT2D eigenvalue weighted by Crippen LogP contribution is 2.38. The van der Waals surface area contributed by atoms with Gasteiger partial charge in [0.15, 0.2) is 0 Å². The van der Waals surface area contributed by atoms with E-state index in [0.29, 0.717) is 5.56 Å². The molecule has 0 atom stereocenters. The summed E-state index contributed by atoms with van der Waals surface area (Å²) in [5.74, 6) is 0.842. The standard InChI is InChI=1S/C14H11BrO2S/c1-17-12-4-2-3-5-14(12)18-13-7-6-10(9-16)8-11(13)15/h2-9H,1H3. The fourth-order valence-electron chi connectivity index (χ4n) is 1.49. The molecular formula is C14H11BrO2S. The van der Waals surface area contributed by atoms with Gasteiger partial charge in [-0.25, -0.2) is 0 Å². The van der Waals surface area contributed by atoms with Crippen molar-refractivity contribution in [2.75, 3.05) is 7.11 Å². The van der Waals surface area contributed by atoms with Gasteiger partial charge in [0.1, 0.15) is 12.0 Å². The van der Waals surface area contributed by atoms with Crippen LogP contribution < -0.4 is 4.74 Å². The lowest BCUT2D eigenvalue weighted by molar-refractivity contribution is 0.112. The molecule has 0 aromatic heterocycles. The van der Waals surface area contributed by atoms with Crippen molar-refractivity contribution in [3.05, 3.63) is 52.5 Å². The van der Waals surface area contributed by atoms with Gasteiger partial charge in [0, 0.05) is 14.9 Å². The SMILES string of the molecule is COc1ccccc1Sc1ccc(C=O)cc1Br. The molecule has 0 spiro atoms. The second-order valence-corrected chi connectivity index (χ2v) is 5.50. The van der Waals surface area contributed by atoms with Gasteiger partial charge in [-0.15, -0.1) is 0 Å². The number of carbonyl (C=O) groups is 1. The lowest BCUT2D eigenvalue weighted by Gasteiger charge is -2.09. The number of ether oxygens (including phenoxy) is 1. The van der Waals surface area contributed by atoms with Crippen molar-refractivity contribution in [2.45, 2.75) is 9.79 Å². The summed E-state index contributed by atoms with van der Waals surface area (Å²) in [6.07, 6.45) is 0.836. The molecule has 0 N–H and O–H groups in total. The van der Waals surface area contributed by atoms with Gasteiger partial charge in [0.2, 0.25) is 0 Å². The molecule has 4 heteroatoms. The predicted molar refractivity (Wildman–Crippen MR) is 76.6 cm³/mol. The van der Waals surface area contributed by atoms with E-state index in [1.165, 1.54) is 0 Å². The summed E-state index contributed by atoms with van der Waals surface area (Å²) < 4.78 is 6.22. The molecule has 2 aromatic carbocycles. The molecule has 0 bridgehead atoms. The van der Waals surface area contributed by atoms with Crippen LogP contribution in [0.15, 0.2) is 56.7 Å². The lowest BCUT2D eigenvalue weighted by Crippen LogP contribution is -1.86. The van der Waals surface area contributed by atoms with Crippen LogP contribution in [0.4, 0.5) is 0 Å². The normalized spacial score (nSPS) is 10.1. The molecule has 18 heavy (non-hydrogen) atoms. The number of hydrogen-bond acceptors (Lipinski definition) is 3. The Morgan fingerprint density at radius 1 is 1.17 bits per heavy atom. The Morgan fingerprint density at radius 3 is 2.61 bits per heavy atom. The van der Waals surface area contributed by atoms with Crippen LogP contribution in [0, 0.1) is 0 Å². The summed E-state index contributed by atoms with van der Waals surface area (Å²) in [5.41, 5.74) is 0.659. The Morgan fingerprint density at radius 2 is 1.94 bits per heavy atom. The Balaban J connectivity index is 2.31. The van der Waals surface area contributed by atoms with Crippen LogP contribution in [0.1, 0.15) is 10.4 Å². The van der Waals surface area contributed by atoms with Gasteiger partial charge in [-0.3, -0.25) is 4.79 Å². The van der Waals surface area contributed by atoms with Crippen LogP contribution in [0.2, 0.25) is 0 Å². The minimum Gasteiger partial charge on any atom is -0.496 e. The average molecular weight is 323 g/mol. The summed E-state index contributed by atoms with van der Waals surface area (Å²) in [6, 6.07) is 13.4. The third-order valence-corrected chi connectivity index (χ3v) is 4.43. The second kappa shape index (κ2) is 6.07. The van der Waals surface area contributed by atoms with Gasteiger partial charge in [-0.05, 0) is 40.2 Å². The van der Waals surface area contributed by atoms with E-state index in [1.54, 1.807) is 24.9 Å². The van der Waals surface area contributed by atoms with Crippen LogP contribution in [-0.2, 0) is 0 Å². The molecule has 0 aliphatic rings. The van der Waals surface area contributed by atoms with E-state index >= 15 is 0 Å². The molecule has 2 nitrogen and oxygen atoms in total. The molecule has 0 saturated heterocycles. The molecule has 0 amide bonds. The van der Waals surface area contributed by atoms with Crippen molar-refractivity contribution in [2.24, 2.45) is 0 Å². The average Bonchev–Trinajstić information content (AvgIpc) is 2.41. The summed E-state index contributed by atoms with van der Waals surface area (Å²) >= 11 is 5.07. The monoisotopic (exact) mass is 322 g/mol. The van der Waals surface area contributed by atoms with Crippen molar-refractivity contribution in [1.82, 2.24) is 0 Å². The number of hydrogen-bond donors (Lipinski definition) is 0. The fourth-order valence-corrected chi connectivity index (χ4v) is 3.06. The van der Waals surface area contributed by atoms with Crippen molar-refractivity contribution in [3.8, 4) is 5.75 Å². The third kappa shape index (κ3) is 2.94. The number of halogens is 1. The number of benzene rings is 2. The molecule has 2 rings (SSSR count). The molecule has 0 radical (unpaired) electrons. The van der Waals surface area contributed by atoms with Crippen molar-refractivity contribution in [1.29, 1.82) is 0 Å². The van der Waals surface area contributed by atoms with E-state index in [-0.39, 0.29) is 0 Å². The minimum atomic E-state index is 0.659. The summed E-state index contributed by atoms with van der Waals surface area (Å²) in [6.45, 7) is 0. The second-order valence-electron chi connectivity index (χ2n) is 3.56. The van der Waals surface area contributed by atoms with Gasteiger partial charge in [0.05, 0.1) is 12.0 Å². The number of para-hydroxylation sites is 1. The first-order valence-electron chi connectivity index (χ1n) is 5.30. The Kier molecular flexibility index (Phi) is 4.44. The fraction of sp³-hybridized carbons (Fsp3) is 0.0714. The zero-order chi connectivity index (χ0) is 13.0. The lowest BCUT2D eigenvalue weighted by atomic mass is 10.2. The van der Waals surface area contributed by atoms with Gasteiger partial charge in [-0.2, -0.15) is 0 Å². The zero-order valence-corrected chi connectivity index (χ0v) is 12.1. The highest BCUT2D eigenvalue weighted by atomic mass is 79.9. The van der Waals surface area contributed by atoms with E-state index in [1.807, 2.05) is 36.4 Å². The van der Waals surface area contributed by atoms with E-state index in [2.05, 4.69) is 15.9 Å². The molecule has 92 valence electrons. The van der Waals surface area contributed by atoms with Crippen LogP contribution in [0.25, 0.3) is 0 Å². The molecule has 0 saturated carbocycles. The number of carbonyl (C=O) groups excluding carboxylic acids is 1. The van der Waals surface area contributed by atoms with Gasteiger partial charge in [-0.1, -0.05) is 30.0 Å². The molecular weight excluding hydrogens is 312 g/mol. The number of rotatable bonds is 4. The van der Waals surface area contributed by atoms with Crippen LogP contribution >= 0.6 is 27.7 Å². The van der Waals surface area contributed by atoms with Crippen molar-refractivity contribution >= 4 is 34.0 Å². The molecule has 2 aromatic rings. The summed E-state index contributed by atoms with van der Waals surface area (Å²) in [5, 5.41) is 0. The number of methoxy groups -OCH3 is 1. The van der Waals surface area contributed by atoms with Crippen LogP contribution in [-0.4, -0.2) is 13.4 Å².